The van der Waals surface area contributed by atoms with Crippen molar-refractivity contribution in [3.05, 3.63) is 21.9 Å². The maximum atomic E-state index is 12.3. The summed E-state index contributed by atoms with van der Waals surface area (Å²) in [6.45, 7) is 10.8. The second-order valence-electron chi connectivity index (χ2n) is 12.4. The maximum absolute atomic E-state index is 12.3. The summed E-state index contributed by atoms with van der Waals surface area (Å²) in [5.74, 6) is -2.10. The lowest BCUT2D eigenvalue weighted by Gasteiger charge is -2.24. The molecule has 1 heterocycles. The van der Waals surface area contributed by atoms with E-state index in [1.165, 1.54) is 48.3 Å². The quantitative estimate of drug-likeness (QED) is 0.131. The van der Waals surface area contributed by atoms with Crippen molar-refractivity contribution < 1.29 is 33.8 Å². The highest BCUT2D eigenvalue weighted by Crippen LogP contribution is 2.22. The van der Waals surface area contributed by atoms with Crippen LogP contribution < -0.4 is 5.32 Å². The van der Waals surface area contributed by atoms with Crippen molar-refractivity contribution in [3.63, 3.8) is 0 Å². The molecule has 0 aromatic carbocycles. The molecule has 1 amide bonds. The second-order valence-corrected chi connectivity index (χ2v) is 13.6. The smallest absolute Gasteiger partial charge is 0.348 e. The Morgan fingerprint density at radius 2 is 1.30 bits per heavy atom. The van der Waals surface area contributed by atoms with Gasteiger partial charge in [0.1, 0.15) is 22.1 Å². The summed E-state index contributed by atoms with van der Waals surface area (Å²) in [6, 6.07) is 2.96. The number of aliphatic carboxylic acids is 1. The van der Waals surface area contributed by atoms with Gasteiger partial charge in [-0.3, -0.25) is 9.59 Å². The molecule has 0 saturated carbocycles. The van der Waals surface area contributed by atoms with E-state index in [2.05, 4.69) is 5.32 Å². The van der Waals surface area contributed by atoms with E-state index in [-0.39, 0.29) is 24.7 Å². The van der Waals surface area contributed by atoms with Gasteiger partial charge in [0.25, 0.3) is 0 Å². The first-order valence-corrected chi connectivity index (χ1v) is 15.5. The van der Waals surface area contributed by atoms with Crippen LogP contribution in [0.3, 0.4) is 0 Å². The lowest BCUT2D eigenvalue weighted by Crippen LogP contribution is -2.44. The summed E-state index contributed by atoms with van der Waals surface area (Å²) in [5, 5.41) is 11.6. The molecule has 0 aliphatic rings. The third kappa shape index (κ3) is 18.0. The van der Waals surface area contributed by atoms with Crippen molar-refractivity contribution in [3.8, 4) is 0 Å². The van der Waals surface area contributed by atoms with Gasteiger partial charge in [0.2, 0.25) is 5.91 Å². The molecule has 40 heavy (non-hydrogen) atoms. The van der Waals surface area contributed by atoms with Gasteiger partial charge in [-0.25, -0.2) is 9.59 Å². The molecule has 0 fully saturated rings. The minimum Gasteiger partial charge on any atom is -0.481 e. The minimum atomic E-state index is -1.02. The van der Waals surface area contributed by atoms with Crippen LogP contribution in [0, 0.1) is 0 Å². The van der Waals surface area contributed by atoms with Crippen molar-refractivity contribution in [2.24, 2.45) is 0 Å². The van der Waals surface area contributed by atoms with Crippen LogP contribution in [0.15, 0.2) is 12.1 Å². The van der Waals surface area contributed by atoms with Crippen molar-refractivity contribution in [2.75, 3.05) is 0 Å². The first-order valence-electron chi connectivity index (χ1n) is 14.7. The van der Waals surface area contributed by atoms with Crippen LogP contribution in [-0.2, 0) is 30.3 Å². The van der Waals surface area contributed by atoms with Crippen LogP contribution in [0.5, 0.6) is 0 Å². The Morgan fingerprint density at radius 3 is 1.82 bits per heavy atom. The molecule has 8 nitrogen and oxygen atoms in total. The molecule has 1 atom stereocenters. The fourth-order valence-electron chi connectivity index (χ4n) is 4.11. The predicted octanol–water partition coefficient (Wildman–Crippen LogP) is 7.23. The third-order valence-electron chi connectivity index (χ3n) is 6.01. The predicted molar refractivity (Wildman–Crippen MR) is 159 cm³/mol. The number of ether oxygens (including phenoxy) is 2. The first kappa shape index (κ1) is 35.6. The third-order valence-corrected chi connectivity index (χ3v) is 7.14. The van der Waals surface area contributed by atoms with E-state index in [0.717, 1.165) is 38.5 Å². The molecule has 1 aromatic rings. The number of aryl methyl sites for hydroxylation is 1. The molecule has 2 N–H and O–H groups in total. The molecule has 0 radical (unpaired) electrons. The normalized spacial score (nSPS) is 12.6. The highest BCUT2D eigenvalue weighted by Gasteiger charge is 2.27. The van der Waals surface area contributed by atoms with Gasteiger partial charge in [-0.1, -0.05) is 51.4 Å². The van der Waals surface area contributed by atoms with Gasteiger partial charge < -0.3 is 19.9 Å². The van der Waals surface area contributed by atoms with Gasteiger partial charge in [0.05, 0.1) is 0 Å². The number of thiophene rings is 1. The van der Waals surface area contributed by atoms with E-state index in [9.17, 15) is 19.2 Å². The molecule has 228 valence electrons. The SMILES string of the molecule is CC(C)(C)OC(=O)c1ccc(CCCCCCCCCCCCC(=O)N[C@@H](CCC(=O)O)C(=O)OC(C)(C)C)s1. The van der Waals surface area contributed by atoms with Crippen molar-refractivity contribution >= 4 is 35.2 Å². The van der Waals surface area contributed by atoms with Gasteiger partial charge in [-0.05, 0) is 79.4 Å². The monoisotopic (exact) mass is 581 g/mol. The molecule has 0 spiro atoms. The zero-order valence-corrected chi connectivity index (χ0v) is 26.3. The Labute approximate surface area is 244 Å². The molecular weight excluding hydrogens is 530 g/mol. The average Bonchev–Trinajstić information content (AvgIpc) is 3.29. The summed E-state index contributed by atoms with van der Waals surface area (Å²) in [7, 11) is 0. The highest BCUT2D eigenvalue weighted by atomic mass is 32.1. The second kappa shape index (κ2) is 18.1. The zero-order chi connectivity index (χ0) is 30.2. The minimum absolute atomic E-state index is 0.0129. The fraction of sp³-hybridized carbons (Fsp3) is 0.742. The molecule has 0 saturated heterocycles. The van der Waals surface area contributed by atoms with E-state index in [1.807, 2.05) is 32.9 Å². The molecule has 0 unspecified atom stereocenters. The summed E-state index contributed by atoms with van der Waals surface area (Å²) in [5.41, 5.74) is -1.18. The molecule has 1 rings (SSSR count). The number of carbonyl (C=O) groups is 4. The fourth-order valence-corrected chi connectivity index (χ4v) is 5.03. The Balaban J connectivity index is 2.10. The van der Waals surface area contributed by atoms with Gasteiger partial charge >= 0.3 is 17.9 Å². The van der Waals surface area contributed by atoms with Crippen molar-refractivity contribution in [1.29, 1.82) is 0 Å². The summed E-state index contributed by atoms with van der Waals surface area (Å²) >= 11 is 1.53. The topological polar surface area (TPSA) is 119 Å². The van der Waals surface area contributed by atoms with Crippen LogP contribution in [0.1, 0.15) is 140 Å². The molecule has 9 heteroatoms. The number of carbonyl (C=O) groups excluding carboxylic acids is 3. The van der Waals surface area contributed by atoms with Gasteiger partial charge in [-0.15, -0.1) is 11.3 Å². The molecule has 1 aromatic heterocycles. The Kier molecular flexibility index (Phi) is 16.1. The number of esters is 2. The number of hydrogen-bond donors (Lipinski definition) is 2. The number of carboxylic acid groups (broad SMARTS) is 1. The van der Waals surface area contributed by atoms with E-state index >= 15 is 0 Å². The van der Waals surface area contributed by atoms with E-state index in [0.29, 0.717) is 11.3 Å². The number of amides is 1. The van der Waals surface area contributed by atoms with Crippen LogP contribution in [0.2, 0.25) is 0 Å². The largest absolute Gasteiger partial charge is 0.481 e. The van der Waals surface area contributed by atoms with Crippen LogP contribution in [0.25, 0.3) is 0 Å². The van der Waals surface area contributed by atoms with Crippen LogP contribution >= 0.6 is 11.3 Å². The Bertz CT molecular complexity index is 927. The van der Waals surface area contributed by atoms with Gasteiger partial charge in [-0.2, -0.15) is 0 Å². The number of rotatable bonds is 19. The standard InChI is InChI=1S/C31H51NO7S/c1-30(2,3)38-28(36)24(20-22-27(34)35)32-26(33)18-16-14-12-10-8-7-9-11-13-15-17-23-19-21-25(40-23)29(37)39-31(4,5)6/h19,21,24H,7-18,20,22H2,1-6H3,(H,32,33)(H,34,35)/t24-/m0/s1. The van der Waals surface area contributed by atoms with Crippen LogP contribution in [-0.4, -0.2) is 46.2 Å². The highest BCUT2D eigenvalue weighted by molar-refractivity contribution is 7.13. The first-order chi connectivity index (χ1) is 18.7. The summed E-state index contributed by atoms with van der Waals surface area (Å²) < 4.78 is 10.8. The van der Waals surface area contributed by atoms with Crippen molar-refractivity contribution in [2.45, 2.75) is 149 Å². The summed E-state index contributed by atoms with van der Waals surface area (Å²) in [4.78, 5) is 49.6. The maximum Gasteiger partial charge on any atom is 0.348 e. The lowest BCUT2D eigenvalue weighted by atomic mass is 10.0. The lowest BCUT2D eigenvalue weighted by molar-refractivity contribution is -0.159. The molecular formula is C31H51NO7S. The number of hydrogen-bond acceptors (Lipinski definition) is 7. The number of unbranched alkanes of at least 4 members (excludes halogenated alkanes) is 9. The van der Waals surface area contributed by atoms with Crippen molar-refractivity contribution in [1.82, 2.24) is 5.32 Å². The average molecular weight is 582 g/mol. The molecule has 0 bridgehead atoms. The molecule has 0 aliphatic carbocycles. The van der Waals surface area contributed by atoms with Gasteiger partial charge in [0, 0.05) is 17.7 Å². The van der Waals surface area contributed by atoms with Gasteiger partial charge in [0.15, 0.2) is 0 Å². The number of carboxylic acids is 1. The number of nitrogens with one attached hydrogen (secondary N) is 1. The Hall–Kier alpha value is -2.42. The Morgan fingerprint density at radius 1 is 0.775 bits per heavy atom. The summed E-state index contributed by atoms with van der Waals surface area (Å²) in [6.07, 6.45) is 12.2. The van der Waals surface area contributed by atoms with E-state index in [1.54, 1.807) is 20.8 Å². The zero-order valence-electron chi connectivity index (χ0n) is 25.4. The van der Waals surface area contributed by atoms with Crippen LogP contribution in [0.4, 0.5) is 0 Å². The van der Waals surface area contributed by atoms with E-state index < -0.39 is 29.2 Å². The molecule has 0 aliphatic heterocycles. The van der Waals surface area contributed by atoms with E-state index in [4.69, 9.17) is 14.6 Å².